The molecule has 0 fully saturated rings. The quantitative estimate of drug-likeness (QED) is 0.642. The highest BCUT2D eigenvalue weighted by Crippen LogP contribution is 2.47. The van der Waals surface area contributed by atoms with Crippen LogP contribution in [0.1, 0.15) is 41.0 Å². The molecule has 0 saturated carbocycles. The van der Waals surface area contributed by atoms with Crippen molar-refractivity contribution in [1.82, 2.24) is 0 Å². The molecular weight excluding hydrogens is 339 g/mol. The lowest BCUT2D eigenvalue weighted by molar-refractivity contribution is 0.344. The molecule has 1 unspecified atom stereocenters. The zero-order valence-corrected chi connectivity index (χ0v) is 15.3. The van der Waals surface area contributed by atoms with Gasteiger partial charge in [0, 0.05) is 0 Å². The van der Waals surface area contributed by atoms with Gasteiger partial charge >= 0.3 is 0 Å². The van der Waals surface area contributed by atoms with E-state index in [-0.39, 0.29) is 35.1 Å². The maximum Gasteiger partial charge on any atom is 0.126 e. The van der Waals surface area contributed by atoms with E-state index in [0.29, 0.717) is 12.0 Å². The second-order valence-corrected chi connectivity index (χ2v) is 7.55. The van der Waals surface area contributed by atoms with Crippen molar-refractivity contribution in [1.29, 1.82) is 0 Å². The van der Waals surface area contributed by atoms with Gasteiger partial charge in [-0.15, -0.1) is 0 Å². The van der Waals surface area contributed by atoms with E-state index < -0.39 is 0 Å². The first-order valence-corrected chi connectivity index (χ1v) is 9.37. The van der Waals surface area contributed by atoms with Crippen LogP contribution in [0.5, 0.6) is 11.5 Å². The Hall–Kier alpha value is -2.81. The summed E-state index contributed by atoms with van der Waals surface area (Å²) in [6.07, 6.45) is 1.47. The van der Waals surface area contributed by atoms with Crippen LogP contribution in [0, 0.1) is 11.7 Å². The summed E-state index contributed by atoms with van der Waals surface area (Å²) in [7, 11) is 0. The van der Waals surface area contributed by atoms with Gasteiger partial charge in [-0.05, 0) is 83.2 Å². The number of fused-ring (bicyclic) bond motifs is 1. The van der Waals surface area contributed by atoms with Crippen molar-refractivity contribution < 1.29 is 14.6 Å². The molecule has 4 rings (SSSR count). The van der Waals surface area contributed by atoms with Gasteiger partial charge in [0.1, 0.15) is 17.3 Å². The largest absolute Gasteiger partial charge is 0.508 e. The monoisotopic (exact) mass is 362 g/mol. The van der Waals surface area contributed by atoms with Crippen molar-refractivity contribution in [2.45, 2.75) is 31.6 Å². The van der Waals surface area contributed by atoms with Crippen LogP contribution in [-0.2, 0) is 12.8 Å². The minimum atomic E-state index is -0.182. The van der Waals surface area contributed by atoms with Crippen molar-refractivity contribution in [3.63, 3.8) is 0 Å². The van der Waals surface area contributed by atoms with Crippen LogP contribution in [-0.4, -0.2) is 10.2 Å². The Kier molecular flexibility index (Phi) is 4.61. The predicted octanol–water partition coefficient (Wildman–Crippen LogP) is 5.54. The van der Waals surface area contributed by atoms with Gasteiger partial charge in [-0.2, -0.15) is 0 Å². The van der Waals surface area contributed by atoms with E-state index in [9.17, 15) is 14.6 Å². The molecule has 1 aliphatic rings. The molecule has 0 radical (unpaired) electrons. The topological polar surface area (TPSA) is 40.5 Å². The minimum Gasteiger partial charge on any atom is -0.508 e. The number of hydrogen-bond donors (Lipinski definition) is 2. The normalized spacial score (nSPS) is 21.6. The number of phenols is 2. The van der Waals surface area contributed by atoms with Crippen LogP contribution in [0.4, 0.5) is 4.39 Å². The highest BCUT2D eigenvalue weighted by molar-refractivity contribution is 5.43. The van der Waals surface area contributed by atoms with Crippen LogP contribution in [0.25, 0.3) is 0 Å². The SMILES string of the molecule is C[C@@H]1C(Cc2ccccc2F)c2cc(O)ccc2C[C@@H]1c1ccc(O)cc1. The number of hydrogen-bond acceptors (Lipinski definition) is 2. The molecule has 0 amide bonds. The molecule has 27 heavy (non-hydrogen) atoms. The molecule has 0 spiro atoms. The van der Waals surface area contributed by atoms with E-state index in [0.717, 1.165) is 12.0 Å². The Bertz CT molecular complexity index is 949. The fourth-order valence-corrected chi connectivity index (χ4v) is 4.44. The summed E-state index contributed by atoms with van der Waals surface area (Å²) in [6, 6.07) is 19.9. The van der Waals surface area contributed by atoms with Crippen LogP contribution in [0.15, 0.2) is 66.7 Å². The average molecular weight is 362 g/mol. The fourth-order valence-electron chi connectivity index (χ4n) is 4.44. The number of aromatic hydroxyl groups is 2. The van der Waals surface area contributed by atoms with Crippen LogP contribution < -0.4 is 0 Å². The van der Waals surface area contributed by atoms with Crippen molar-refractivity contribution in [2.75, 3.05) is 0 Å². The number of phenolic OH excluding ortho intramolecular Hbond substituents is 2. The zero-order chi connectivity index (χ0) is 19.0. The summed E-state index contributed by atoms with van der Waals surface area (Å²) < 4.78 is 14.3. The first kappa shape index (κ1) is 17.6. The Balaban J connectivity index is 1.76. The molecular formula is C24H23FO2. The number of rotatable bonds is 3. The third-order valence-corrected chi connectivity index (χ3v) is 5.96. The molecule has 3 atom stereocenters. The van der Waals surface area contributed by atoms with Gasteiger partial charge in [-0.3, -0.25) is 0 Å². The van der Waals surface area contributed by atoms with E-state index in [2.05, 4.69) is 6.92 Å². The first-order chi connectivity index (χ1) is 13.0. The summed E-state index contributed by atoms with van der Waals surface area (Å²) in [5.41, 5.74) is 4.19. The Labute approximate surface area is 158 Å². The molecule has 1 aliphatic carbocycles. The maximum absolute atomic E-state index is 14.3. The van der Waals surface area contributed by atoms with Crippen molar-refractivity contribution >= 4 is 0 Å². The van der Waals surface area contributed by atoms with E-state index >= 15 is 0 Å². The third kappa shape index (κ3) is 3.42. The average Bonchev–Trinajstić information content (AvgIpc) is 2.66. The molecule has 2 N–H and O–H groups in total. The van der Waals surface area contributed by atoms with Crippen molar-refractivity contribution in [3.05, 3.63) is 94.8 Å². The number of benzene rings is 3. The highest BCUT2D eigenvalue weighted by atomic mass is 19.1. The molecule has 0 bridgehead atoms. The van der Waals surface area contributed by atoms with Crippen LogP contribution >= 0.6 is 0 Å². The minimum absolute atomic E-state index is 0.108. The van der Waals surface area contributed by atoms with Gasteiger partial charge in [0.15, 0.2) is 0 Å². The van der Waals surface area contributed by atoms with Gasteiger partial charge in [-0.25, -0.2) is 4.39 Å². The standard InChI is InChI=1S/C24H23FO2/c1-15-21(16-6-9-19(26)10-7-16)12-17-8-11-20(27)14-23(17)22(15)13-18-4-2-3-5-24(18)25/h2-11,14-15,21-22,26-27H,12-13H2,1H3/t15-,21-,22?/m0/s1. The molecule has 3 heteroatoms. The smallest absolute Gasteiger partial charge is 0.126 e. The zero-order valence-electron chi connectivity index (χ0n) is 15.3. The van der Waals surface area contributed by atoms with Gasteiger partial charge in [0.25, 0.3) is 0 Å². The molecule has 3 aromatic carbocycles. The summed E-state index contributed by atoms with van der Waals surface area (Å²) in [5.74, 6) is 0.982. The Morgan fingerprint density at radius 1 is 0.926 bits per heavy atom. The van der Waals surface area contributed by atoms with E-state index in [1.54, 1.807) is 24.3 Å². The van der Waals surface area contributed by atoms with Gasteiger partial charge in [0.2, 0.25) is 0 Å². The molecule has 138 valence electrons. The molecule has 0 saturated heterocycles. The lowest BCUT2D eigenvalue weighted by Gasteiger charge is -2.38. The molecule has 2 nitrogen and oxygen atoms in total. The van der Waals surface area contributed by atoms with Gasteiger partial charge < -0.3 is 10.2 Å². The molecule has 3 aromatic rings. The van der Waals surface area contributed by atoms with Crippen molar-refractivity contribution in [2.24, 2.45) is 5.92 Å². The number of halogens is 1. The van der Waals surface area contributed by atoms with E-state index in [1.807, 2.05) is 36.4 Å². The summed E-state index contributed by atoms with van der Waals surface area (Å²) in [4.78, 5) is 0. The van der Waals surface area contributed by atoms with E-state index in [1.165, 1.54) is 17.2 Å². The summed E-state index contributed by atoms with van der Waals surface area (Å²) in [5, 5.41) is 19.6. The molecule has 0 heterocycles. The second kappa shape index (κ2) is 7.07. The third-order valence-electron chi connectivity index (χ3n) is 5.96. The van der Waals surface area contributed by atoms with Crippen molar-refractivity contribution in [3.8, 4) is 11.5 Å². The van der Waals surface area contributed by atoms with Crippen LogP contribution in [0.2, 0.25) is 0 Å². The first-order valence-electron chi connectivity index (χ1n) is 9.37. The highest BCUT2D eigenvalue weighted by Gasteiger charge is 2.35. The maximum atomic E-state index is 14.3. The Morgan fingerprint density at radius 2 is 1.63 bits per heavy atom. The summed E-state index contributed by atoms with van der Waals surface area (Å²) in [6.45, 7) is 2.20. The van der Waals surface area contributed by atoms with Gasteiger partial charge in [0.05, 0.1) is 0 Å². The fraction of sp³-hybridized carbons (Fsp3) is 0.250. The lowest BCUT2D eigenvalue weighted by atomic mass is 9.66. The lowest BCUT2D eigenvalue weighted by Crippen LogP contribution is -2.28. The van der Waals surface area contributed by atoms with Gasteiger partial charge in [-0.1, -0.05) is 43.3 Å². The molecule has 0 aliphatic heterocycles. The second-order valence-electron chi connectivity index (χ2n) is 7.55. The predicted molar refractivity (Wildman–Crippen MR) is 105 cm³/mol. The Morgan fingerprint density at radius 3 is 2.37 bits per heavy atom. The van der Waals surface area contributed by atoms with E-state index in [4.69, 9.17) is 0 Å². The van der Waals surface area contributed by atoms with Crippen LogP contribution in [0.3, 0.4) is 0 Å². The molecule has 0 aromatic heterocycles. The summed E-state index contributed by atoms with van der Waals surface area (Å²) >= 11 is 0.